The molecule has 0 aliphatic carbocycles. The first-order chi connectivity index (χ1) is 9.83. The highest BCUT2D eigenvalue weighted by Gasteiger charge is 2.11. The lowest BCUT2D eigenvalue weighted by Crippen LogP contribution is -2.41. The number of nitrogens with zero attached hydrogens (tertiary/aromatic N) is 1. The molecule has 2 rings (SSSR count). The van der Waals surface area contributed by atoms with E-state index in [0.717, 1.165) is 22.0 Å². The Balaban J connectivity index is 2.03. The van der Waals surface area contributed by atoms with E-state index in [9.17, 15) is 4.79 Å². The van der Waals surface area contributed by atoms with Gasteiger partial charge in [0.25, 0.3) is 0 Å². The molecule has 1 heterocycles. The third kappa shape index (κ3) is 4.95. The molecule has 5 heteroatoms. The maximum absolute atomic E-state index is 11.9. The molecule has 0 aliphatic heterocycles. The molecular weight excluding hydrogens is 282 g/mol. The summed E-state index contributed by atoms with van der Waals surface area (Å²) in [6.45, 7) is 8.38. The quantitative estimate of drug-likeness (QED) is 0.909. The first-order valence-electron chi connectivity index (χ1n) is 6.91. The van der Waals surface area contributed by atoms with Crippen molar-refractivity contribution in [1.82, 2.24) is 10.3 Å². The zero-order valence-electron chi connectivity index (χ0n) is 12.9. The standard InChI is InChI=1S/C16H21N3OS/c1-11-18-14(10-21-11)12-6-5-7-13(8-12)19-15(20)9-17-16(2,3)4/h5-8,10,17H,9H2,1-4H3,(H,19,20). The van der Waals surface area contributed by atoms with Crippen molar-refractivity contribution in [2.24, 2.45) is 0 Å². The Hall–Kier alpha value is -1.72. The Bertz CT molecular complexity index is 628. The summed E-state index contributed by atoms with van der Waals surface area (Å²) in [4.78, 5) is 16.4. The molecule has 0 unspecified atom stereocenters. The fourth-order valence-electron chi connectivity index (χ4n) is 1.80. The summed E-state index contributed by atoms with van der Waals surface area (Å²) in [5, 5.41) is 9.14. The van der Waals surface area contributed by atoms with Gasteiger partial charge in [0.2, 0.25) is 5.91 Å². The minimum Gasteiger partial charge on any atom is -0.325 e. The Kier molecular flexibility index (Phi) is 4.75. The fourth-order valence-corrected chi connectivity index (χ4v) is 2.42. The van der Waals surface area contributed by atoms with Gasteiger partial charge in [-0.25, -0.2) is 4.98 Å². The van der Waals surface area contributed by atoms with Crippen LogP contribution in [-0.4, -0.2) is 23.0 Å². The van der Waals surface area contributed by atoms with E-state index in [2.05, 4.69) is 15.6 Å². The summed E-state index contributed by atoms with van der Waals surface area (Å²) in [7, 11) is 0. The summed E-state index contributed by atoms with van der Waals surface area (Å²) in [6.07, 6.45) is 0. The smallest absolute Gasteiger partial charge is 0.238 e. The van der Waals surface area contributed by atoms with Crippen LogP contribution in [-0.2, 0) is 4.79 Å². The van der Waals surface area contributed by atoms with Crippen molar-refractivity contribution in [2.45, 2.75) is 33.2 Å². The molecule has 1 amide bonds. The Morgan fingerprint density at radius 1 is 1.33 bits per heavy atom. The number of nitrogens with one attached hydrogen (secondary N) is 2. The van der Waals surface area contributed by atoms with Gasteiger partial charge in [0.05, 0.1) is 17.2 Å². The predicted molar refractivity (Wildman–Crippen MR) is 88.7 cm³/mol. The van der Waals surface area contributed by atoms with Crippen molar-refractivity contribution in [1.29, 1.82) is 0 Å². The number of hydrogen-bond donors (Lipinski definition) is 2. The number of rotatable bonds is 4. The topological polar surface area (TPSA) is 54.0 Å². The molecule has 0 atom stereocenters. The second kappa shape index (κ2) is 6.37. The molecule has 0 bridgehead atoms. The number of carbonyl (C=O) groups is 1. The summed E-state index contributed by atoms with van der Waals surface area (Å²) < 4.78 is 0. The van der Waals surface area contributed by atoms with Crippen LogP contribution in [0, 0.1) is 6.92 Å². The predicted octanol–water partition coefficient (Wildman–Crippen LogP) is 3.45. The van der Waals surface area contributed by atoms with Crippen LogP contribution >= 0.6 is 11.3 Å². The molecule has 0 fully saturated rings. The highest BCUT2D eigenvalue weighted by molar-refractivity contribution is 7.09. The van der Waals surface area contributed by atoms with Crippen LogP contribution in [0.15, 0.2) is 29.6 Å². The molecule has 1 aromatic heterocycles. The average Bonchev–Trinajstić information content (AvgIpc) is 2.83. The second-order valence-electron chi connectivity index (χ2n) is 5.98. The lowest BCUT2D eigenvalue weighted by Gasteiger charge is -2.20. The minimum absolute atomic E-state index is 0.0449. The van der Waals surface area contributed by atoms with Crippen molar-refractivity contribution in [3.63, 3.8) is 0 Å². The minimum atomic E-state index is -0.0721. The number of amides is 1. The average molecular weight is 303 g/mol. The highest BCUT2D eigenvalue weighted by atomic mass is 32.1. The first-order valence-corrected chi connectivity index (χ1v) is 7.79. The highest BCUT2D eigenvalue weighted by Crippen LogP contribution is 2.24. The third-order valence-electron chi connectivity index (χ3n) is 2.84. The van der Waals surface area contributed by atoms with Gasteiger partial charge in [-0.15, -0.1) is 11.3 Å². The third-order valence-corrected chi connectivity index (χ3v) is 3.61. The van der Waals surface area contributed by atoms with Gasteiger partial charge in [0.1, 0.15) is 0 Å². The van der Waals surface area contributed by atoms with Gasteiger partial charge in [0, 0.05) is 22.2 Å². The van der Waals surface area contributed by atoms with Gasteiger partial charge >= 0.3 is 0 Å². The maximum atomic E-state index is 11.9. The lowest BCUT2D eigenvalue weighted by molar-refractivity contribution is -0.115. The van der Waals surface area contributed by atoms with Gasteiger partial charge in [-0.05, 0) is 39.8 Å². The zero-order valence-corrected chi connectivity index (χ0v) is 13.7. The van der Waals surface area contributed by atoms with E-state index in [4.69, 9.17) is 0 Å². The Morgan fingerprint density at radius 2 is 2.10 bits per heavy atom. The van der Waals surface area contributed by atoms with E-state index in [1.807, 2.05) is 57.3 Å². The molecule has 0 aliphatic rings. The Labute approximate surface area is 129 Å². The molecule has 0 saturated heterocycles. The van der Waals surface area contributed by atoms with Gasteiger partial charge in [0.15, 0.2) is 0 Å². The molecule has 0 spiro atoms. The van der Waals surface area contributed by atoms with Crippen molar-refractivity contribution < 1.29 is 4.79 Å². The van der Waals surface area contributed by atoms with Crippen LogP contribution in [0.3, 0.4) is 0 Å². The molecule has 2 N–H and O–H groups in total. The van der Waals surface area contributed by atoms with Crippen LogP contribution in [0.4, 0.5) is 5.69 Å². The number of benzene rings is 1. The van der Waals surface area contributed by atoms with E-state index in [1.54, 1.807) is 11.3 Å². The zero-order chi connectivity index (χ0) is 15.5. The fraction of sp³-hybridized carbons (Fsp3) is 0.375. The van der Waals surface area contributed by atoms with E-state index in [0.29, 0.717) is 6.54 Å². The molecule has 0 radical (unpaired) electrons. The van der Waals surface area contributed by atoms with Crippen molar-refractivity contribution in [2.75, 3.05) is 11.9 Å². The number of thiazole rings is 1. The normalized spacial score (nSPS) is 11.4. The molecule has 0 saturated carbocycles. The maximum Gasteiger partial charge on any atom is 0.238 e. The van der Waals surface area contributed by atoms with Gasteiger partial charge in [-0.3, -0.25) is 4.79 Å². The van der Waals surface area contributed by atoms with Crippen molar-refractivity contribution in [3.8, 4) is 11.3 Å². The molecule has 4 nitrogen and oxygen atoms in total. The summed E-state index contributed by atoms with van der Waals surface area (Å²) in [5.74, 6) is -0.0449. The molecule has 21 heavy (non-hydrogen) atoms. The molecule has 2 aromatic rings. The number of aryl methyl sites for hydroxylation is 1. The summed E-state index contributed by atoms with van der Waals surface area (Å²) in [6, 6.07) is 7.76. The summed E-state index contributed by atoms with van der Waals surface area (Å²) >= 11 is 1.62. The van der Waals surface area contributed by atoms with E-state index in [1.165, 1.54) is 0 Å². The van der Waals surface area contributed by atoms with Crippen LogP contribution in [0.5, 0.6) is 0 Å². The van der Waals surface area contributed by atoms with Gasteiger partial charge < -0.3 is 10.6 Å². The van der Waals surface area contributed by atoms with Crippen LogP contribution < -0.4 is 10.6 Å². The van der Waals surface area contributed by atoms with Crippen molar-refractivity contribution >= 4 is 22.9 Å². The Morgan fingerprint density at radius 3 is 2.71 bits per heavy atom. The van der Waals surface area contributed by atoms with E-state index < -0.39 is 0 Å². The lowest BCUT2D eigenvalue weighted by atomic mass is 10.1. The van der Waals surface area contributed by atoms with Crippen LogP contribution in [0.2, 0.25) is 0 Å². The van der Waals surface area contributed by atoms with E-state index in [-0.39, 0.29) is 11.4 Å². The SMILES string of the molecule is Cc1nc(-c2cccc(NC(=O)CNC(C)(C)C)c2)cs1. The second-order valence-corrected chi connectivity index (χ2v) is 7.05. The van der Waals surface area contributed by atoms with Crippen LogP contribution in [0.1, 0.15) is 25.8 Å². The van der Waals surface area contributed by atoms with Crippen LogP contribution in [0.25, 0.3) is 11.3 Å². The summed E-state index contributed by atoms with van der Waals surface area (Å²) in [5.41, 5.74) is 2.68. The monoisotopic (exact) mass is 303 g/mol. The molecule has 112 valence electrons. The first kappa shape index (κ1) is 15.7. The van der Waals surface area contributed by atoms with E-state index >= 15 is 0 Å². The number of hydrogen-bond acceptors (Lipinski definition) is 4. The number of carbonyl (C=O) groups excluding carboxylic acids is 1. The largest absolute Gasteiger partial charge is 0.325 e. The number of anilines is 1. The van der Waals surface area contributed by atoms with Gasteiger partial charge in [-0.1, -0.05) is 12.1 Å². The van der Waals surface area contributed by atoms with Gasteiger partial charge in [-0.2, -0.15) is 0 Å². The molecule has 1 aromatic carbocycles. The van der Waals surface area contributed by atoms with Crippen molar-refractivity contribution in [3.05, 3.63) is 34.7 Å². The molecular formula is C16H21N3OS. The number of aromatic nitrogens is 1.